The van der Waals surface area contributed by atoms with Crippen LogP contribution in [0, 0.1) is 0 Å². The van der Waals surface area contributed by atoms with Crippen LogP contribution in [0.4, 0.5) is 11.5 Å². The Hall–Kier alpha value is -1.25. The molecular weight excluding hydrogens is 267 g/mol. The molecule has 0 radical (unpaired) electrons. The molecule has 1 aliphatic heterocycles. The molecule has 0 saturated carbocycles. The van der Waals surface area contributed by atoms with Gasteiger partial charge in [0.1, 0.15) is 0 Å². The molecule has 1 aromatic carbocycles. The zero-order valence-corrected chi connectivity index (χ0v) is 11.2. The highest BCUT2D eigenvalue weighted by molar-refractivity contribution is 6.33. The second kappa shape index (κ2) is 4.79. The molecule has 1 aromatic heterocycles. The molecule has 0 amide bonds. The Balaban J connectivity index is 2.02. The van der Waals surface area contributed by atoms with E-state index < -0.39 is 0 Å². The maximum atomic E-state index is 6.29. The average molecular weight is 279 g/mol. The van der Waals surface area contributed by atoms with E-state index in [0.29, 0.717) is 10.9 Å². The van der Waals surface area contributed by atoms with E-state index in [1.807, 2.05) is 12.1 Å². The first-order chi connectivity index (χ1) is 8.79. The van der Waals surface area contributed by atoms with Crippen LogP contribution in [0.25, 0.3) is 0 Å². The van der Waals surface area contributed by atoms with Gasteiger partial charge in [-0.3, -0.25) is 0 Å². The molecule has 0 spiro atoms. The van der Waals surface area contributed by atoms with Crippen LogP contribution in [0.1, 0.15) is 11.1 Å². The second-order valence-electron chi connectivity index (χ2n) is 4.31. The molecule has 18 heavy (non-hydrogen) atoms. The summed E-state index contributed by atoms with van der Waals surface area (Å²) in [4.78, 5) is 6.60. The minimum absolute atomic E-state index is 0.434. The molecule has 0 fully saturated rings. The second-order valence-corrected chi connectivity index (χ2v) is 4.99. The highest BCUT2D eigenvalue weighted by Gasteiger charge is 2.22. The Labute approximate surface area is 116 Å². The van der Waals surface area contributed by atoms with Crippen LogP contribution in [0.3, 0.4) is 0 Å². The summed E-state index contributed by atoms with van der Waals surface area (Å²) in [6.07, 6.45) is 2.82. The monoisotopic (exact) mass is 278 g/mol. The van der Waals surface area contributed by atoms with Crippen LogP contribution < -0.4 is 4.90 Å². The van der Waals surface area contributed by atoms with Crippen molar-refractivity contribution in [2.45, 2.75) is 12.3 Å². The SMILES string of the molecule is ClCc1cnc(N2CCc3ccccc32)c(Cl)c1. The number of benzene rings is 1. The van der Waals surface area contributed by atoms with Gasteiger partial charge in [0, 0.05) is 24.3 Å². The third-order valence-electron chi connectivity index (χ3n) is 3.18. The van der Waals surface area contributed by atoms with Crippen LogP contribution in [0.2, 0.25) is 5.02 Å². The van der Waals surface area contributed by atoms with Crippen molar-refractivity contribution in [3.63, 3.8) is 0 Å². The topological polar surface area (TPSA) is 16.1 Å². The van der Waals surface area contributed by atoms with E-state index >= 15 is 0 Å². The number of nitrogens with zero attached hydrogens (tertiary/aromatic N) is 2. The van der Waals surface area contributed by atoms with E-state index in [2.05, 4.69) is 28.1 Å². The van der Waals surface area contributed by atoms with Gasteiger partial charge in [-0.25, -0.2) is 4.98 Å². The van der Waals surface area contributed by atoms with Crippen molar-refractivity contribution in [3.8, 4) is 0 Å². The number of pyridine rings is 1. The van der Waals surface area contributed by atoms with Gasteiger partial charge in [0.05, 0.1) is 5.02 Å². The summed E-state index contributed by atoms with van der Waals surface area (Å²) in [5.74, 6) is 1.25. The molecule has 0 atom stereocenters. The van der Waals surface area contributed by atoms with Gasteiger partial charge in [-0.05, 0) is 29.7 Å². The Kier molecular flexibility index (Phi) is 3.14. The third kappa shape index (κ3) is 1.96. The number of para-hydroxylation sites is 1. The molecule has 4 heteroatoms. The van der Waals surface area contributed by atoms with Crippen molar-refractivity contribution >= 4 is 34.7 Å². The largest absolute Gasteiger partial charge is 0.325 e. The summed E-state index contributed by atoms with van der Waals surface area (Å²) in [6.45, 7) is 0.923. The van der Waals surface area contributed by atoms with Crippen LogP contribution in [0.5, 0.6) is 0 Å². The van der Waals surface area contributed by atoms with Crippen LogP contribution in [-0.2, 0) is 12.3 Å². The van der Waals surface area contributed by atoms with Crippen molar-refractivity contribution < 1.29 is 0 Å². The van der Waals surface area contributed by atoms with Gasteiger partial charge in [0.15, 0.2) is 5.82 Å². The molecule has 1 aliphatic rings. The van der Waals surface area contributed by atoms with Crippen molar-refractivity contribution in [3.05, 3.63) is 52.7 Å². The molecule has 0 aliphatic carbocycles. The molecule has 0 unspecified atom stereocenters. The Morgan fingerprint density at radius 1 is 1.28 bits per heavy atom. The van der Waals surface area contributed by atoms with Crippen molar-refractivity contribution in [1.29, 1.82) is 0 Å². The standard InChI is InChI=1S/C14H12Cl2N2/c15-8-10-7-12(16)14(17-9-10)18-6-5-11-3-1-2-4-13(11)18/h1-4,7,9H,5-6,8H2. The Morgan fingerprint density at radius 2 is 2.11 bits per heavy atom. The lowest BCUT2D eigenvalue weighted by Crippen LogP contribution is -2.15. The third-order valence-corrected chi connectivity index (χ3v) is 3.76. The number of hydrogen-bond acceptors (Lipinski definition) is 2. The number of rotatable bonds is 2. The zero-order chi connectivity index (χ0) is 12.5. The highest BCUT2D eigenvalue weighted by atomic mass is 35.5. The fraction of sp³-hybridized carbons (Fsp3) is 0.214. The molecule has 0 bridgehead atoms. The smallest absolute Gasteiger partial charge is 0.151 e. The molecule has 2 heterocycles. The minimum atomic E-state index is 0.434. The first-order valence-corrected chi connectivity index (χ1v) is 6.76. The van der Waals surface area contributed by atoms with E-state index in [9.17, 15) is 0 Å². The molecule has 3 rings (SSSR count). The fourth-order valence-corrected chi connectivity index (χ4v) is 2.74. The van der Waals surface area contributed by atoms with Gasteiger partial charge in [-0.15, -0.1) is 11.6 Å². The van der Waals surface area contributed by atoms with Gasteiger partial charge in [-0.1, -0.05) is 29.8 Å². The van der Waals surface area contributed by atoms with Gasteiger partial charge in [0.25, 0.3) is 0 Å². The van der Waals surface area contributed by atoms with E-state index in [1.54, 1.807) is 6.20 Å². The summed E-state index contributed by atoms with van der Waals surface area (Å²) in [5.41, 5.74) is 3.49. The Morgan fingerprint density at radius 3 is 2.89 bits per heavy atom. The van der Waals surface area contributed by atoms with E-state index in [4.69, 9.17) is 23.2 Å². The minimum Gasteiger partial charge on any atom is -0.325 e. The van der Waals surface area contributed by atoms with Crippen LogP contribution in [0.15, 0.2) is 36.5 Å². The number of aromatic nitrogens is 1. The normalized spacial score (nSPS) is 13.8. The van der Waals surface area contributed by atoms with Gasteiger partial charge in [0.2, 0.25) is 0 Å². The summed E-state index contributed by atoms with van der Waals surface area (Å²) < 4.78 is 0. The van der Waals surface area contributed by atoms with Crippen molar-refractivity contribution in [1.82, 2.24) is 4.98 Å². The van der Waals surface area contributed by atoms with E-state index in [1.165, 1.54) is 11.3 Å². The highest BCUT2D eigenvalue weighted by Crippen LogP contribution is 2.36. The quantitative estimate of drug-likeness (QED) is 0.767. The lowest BCUT2D eigenvalue weighted by atomic mass is 10.2. The molecule has 0 N–H and O–H groups in total. The number of anilines is 2. The van der Waals surface area contributed by atoms with Crippen molar-refractivity contribution in [2.75, 3.05) is 11.4 Å². The van der Waals surface area contributed by atoms with E-state index in [0.717, 1.165) is 24.3 Å². The average Bonchev–Trinajstić information content (AvgIpc) is 2.82. The first-order valence-electron chi connectivity index (χ1n) is 5.85. The lowest BCUT2D eigenvalue weighted by Gasteiger charge is -2.19. The van der Waals surface area contributed by atoms with Gasteiger partial charge >= 0.3 is 0 Å². The van der Waals surface area contributed by atoms with Crippen molar-refractivity contribution in [2.24, 2.45) is 0 Å². The summed E-state index contributed by atoms with van der Waals surface area (Å²) in [5, 5.41) is 0.657. The lowest BCUT2D eigenvalue weighted by molar-refractivity contribution is 0.972. The maximum absolute atomic E-state index is 6.29. The number of hydrogen-bond donors (Lipinski definition) is 0. The number of halogens is 2. The molecule has 2 aromatic rings. The van der Waals surface area contributed by atoms with Gasteiger partial charge < -0.3 is 4.90 Å². The van der Waals surface area contributed by atoms with Gasteiger partial charge in [-0.2, -0.15) is 0 Å². The predicted molar refractivity (Wildman–Crippen MR) is 76.0 cm³/mol. The number of fused-ring (bicyclic) bond motifs is 1. The molecule has 92 valence electrons. The van der Waals surface area contributed by atoms with Crippen LogP contribution in [-0.4, -0.2) is 11.5 Å². The zero-order valence-electron chi connectivity index (χ0n) is 9.74. The summed E-state index contributed by atoms with van der Waals surface area (Å²) in [7, 11) is 0. The van der Waals surface area contributed by atoms with E-state index in [-0.39, 0.29) is 0 Å². The molecule has 0 saturated heterocycles. The summed E-state index contributed by atoms with van der Waals surface area (Å²) in [6, 6.07) is 10.2. The summed E-state index contributed by atoms with van der Waals surface area (Å²) >= 11 is 12.1. The fourth-order valence-electron chi connectivity index (χ4n) is 2.30. The maximum Gasteiger partial charge on any atom is 0.151 e. The Bertz CT molecular complexity index is 584. The molecule has 2 nitrogen and oxygen atoms in total. The number of alkyl halides is 1. The predicted octanol–water partition coefficient (Wildman–Crippen LogP) is 4.17. The molecular formula is C14H12Cl2N2. The first kappa shape index (κ1) is 11.8. The van der Waals surface area contributed by atoms with Crippen LogP contribution >= 0.6 is 23.2 Å².